The maximum atomic E-state index is 12.9. The van der Waals surface area contributed by atoms with Crippen LogP contribution in [0.5, 0.6) is 0 Å². The molecule has 0 fully saturated rings. The number of nitrogens with zero attached hydrogens (tertiary/aromatic N) is 2. The zero-order valence-electron chi connectivity index (χ0n) is 13.2. The Kier molecular flexibility index (Phi) is 7.23. The number of benzene rings is 1. The number of hydrogen-bond donors (Lipinski definition) is 0. The van der Waals surface area contributed by atoms with Crippen molar-refractivity contribution in [2.75, 3.05) is 18.5 Å². The van der Waals surface area contributed by atoms with Crippen molar-refractivity contribution in [1.82, 2.24) is 0 Å². The molecule has 0 unspecified atom stereocenters. The van der Waals surface area contributed by atoms with Crippen molar-refractivity contribution < 1.29 is 13.2 Å². The van der Waals surface area contributed by atoms with Gasteiger partial charge >= 0.3 is 6.18 Å². The number of unbranched alkanes of at least 4 members (excludes halogenated alkanes) is 5. The minimum Gasteiger partial charge on any atom is -0.375 e. The fourth-order valence-corrected chi connectivity index (χ4v) is 2.36. The molecule has 0 amide bonds. The maximum Gasteiger partial charge on any atom is 0.417 e. The maximum absolute atomic E-state index is 12.9. The van der Waals surface area contributed by atoms with Gasteiger partial charge in [0.1, 0.15) is 0 Å². The average molecular weight is 312 g/mol. The van der Waals surface area contributed by atoms with Crippen molar-refractivity contribution >= 4 is 5.69 Å². The van der Waals surface area contributed by atoms with E-state index in [0.717, 1.165) is 25.5 Å². The third-order valence-corrected chi connectivity index (χ3v) is 3.72. The third kappa shape index (κ3) is 5.59. The number of halogens is 3. The Labute approximate surface area is 130 Å². The number of alkyl halides is 3. The molecule has 1 aromatic rings. The highest BCUT2D eigenvalue weighted by molar-refractivity contribution is 5.54. The van der Waals surface area contributed by atoms with Gasteiger partial charge in [-0.25, -0.2) is 0 Å². The van der Waals surface area contributed by atoms with Gasteiger partial charge in [0.2, 0.25) is 0 Å². The molecular formula is C17H23F3N2. The summed E-state index contributed by atoms with van der Waals surface area (Å²) in [5.41, 5.74) is -0.689. The van der Waals surface area contributed by atoms with Gasteiger partial charge in [0.15, 0.2) is 0 Å². The third-order valence-electron chi connectivity index (χ3n) is 3.72. The van der Waals surface area contributed by atoms with E-state index in [2.05, 4.69) is 6.92 Å². The first-order chi connectivity index (χ1) is 10.4. The van der Waals surface area contributed by atoms with Crippen LogP contribution in [0.1, 0.15) is 56.6 Å². The summed E-state index contributed by atoms with van der Waals surface area (Å²) >= 11 is 0. The van der Waals surface area contributed by atoms with E-state index in [1.165, 1.54) is 31.7 Å². The van der Waals surface area contributed by atoms with Crippen LogP contribution in [0.15, 0.2) is 18.2 Å². The molecule has 1 aromatic carbocycles. The van der Waals surface area contributed by atoms with Crippen LogP contribution in [0.25, 0.3) is 0 Å². The van der Waals surface area contributed by atoms with E-state index >= 15 is 0 Å². The molecular weight excluding hydrogens is 289 g/mol. The van der Waals surface area contributed by atoms with Crippen molar-refractivity contribution in [2.45, 2.75) is 51.6 Å². The first kappa shape index (κ1) is 18.3. The zero-order valence-corrected chi connectivity index (χ0v) is 13.2. The number of anilines is 1. The molecule has 0 bridgehead atoms. The van der Waals surface area contributed by atoms with E-state index in [0.29, 0.717) is 5.69 Å². The van der Waals surface area contributed by atoms with Crippen LogP contribution >= 0.6 is 0 Å². The molecule has 5 heteroatoms. The van der Waals surface area contributed by atoms with E-state index in [1.54, 1.807) is 19.2 Å². The molecule has 0 aromatic heterocycles. The summed E-state index contributed by atoms with van der Waals surface area (Å²) in [6.45, 7) is 2.88. The minimum absolute atomic E-state index is 0.329. The van der Waals surface area contributed by atoms with E-state index in [1.807, 2.05) is 4.90 Å². The molecule has 0 aliphatic rings. The van der Waals surface area contributed by atoms with Gasteiger partial charge < -0.3 is 4.90 Å². The monoisotopic (exact) mass is 312 g/mol. The molecule has 2 nitrogen and oxygen atoms in total. The molecule has 0 radical (unpaired) electrons. The van der Waals surface area contributed by atoms with Gasteiger partial charge in [-0.1, -0.05) is 39.0 Å². The predicted octanol–water partition coefficient (Wildman–Crippen LogP) is 5.37. The van der Waals surface area contributed by atoms with Gasteiger partial charge in [-0.05, 0) is 24.6 Å². The van der Waals surface area contributed by atoms with Crippen LogP contribution in [0.4, 0.5) is 18.9 Å². The van der Waals surface area contributed by atoms with E-state index in [-0.39, 0.29) is 5.56 Å². The van der Waals surface area contributed by atoms with Crippen molar-refractivity contribution in [3.05, 3.63) is 29.3 Å². The second kappa shape index (κ2) is 8.67. The van der Waals surface area contributed by atoms with Crippen molar-refractivity contribution in [3.8, 4) is 6.07 Å². The number of nitriles is 1. The smallest absolute Gasteiger partial charge is 0.375 e. The van der Waals surface area contributed by atoms with Crippen molar-refractivity contribution in [2.24, 2.45) is 0 Å². The lowest BCUT2D eigenvalue weighted by Crippen LogP contribution is -2.19. The van der Waals surface area contributed by atoms with Gasteiger partial charge in [0, 0.05) is 19.3 Å². The predicted molar refractivity (Wildman–Crippen MR) is 82.8 cm³/mol. The largest absolute Gasteiger partial charge is 0.417 e. The van der Waals surface area contributed by atoms with Gasteiger partial charge in [-0.3, -0.25) is 0 Å². The van der Waals surface area contributed by atoms with Crippen molar-refractivity contribution in [3.63, 3.8) is 0 Å². The van der Waals surface area contributed by atoms with Crippen LogP contribution in [0.2, 0.25) is 0 Å². The Morgan fingerprint density at radius 2 is 1.73 bits per heavy atom. The molecule has 1 rings (SSSR count). The summed E-state index contributed by atoms with van der Waals surface area (Å²) < 4.78 is 38.8. The Balaban J connectivity index is 2.63. The van der Waals surface area contributed by atoms with Crippen LogP contribution in [0, 0.1) is 11.3 Å². The second-order valence-corrected chi connectivity index (χ2v) is 5.53. The average Bonchev–Trinajstić information content (AvgIpc) is 2.49. The van der Waals surface area contributed by atoms with E-state index < -0.39 is 11.7 Å². The Morgan fingerprint density at radius 3 is 2.32 bits per heavy atom. The fourth-order valence-electron chi connectivity index (χ4n) is 2.36. The molecule has 0 saturated carbocycles. The van der Waals surface area contributed by atoms with Gasteiger partial charge in [0.05, 0.1) is 17.2 Å². The van der Waals surface area contributed by atoms with Crippen LogP contribution < -0.4 is 4.90 Å². The normalized spacial score (nSPS) is 11.3. The second-order valence-electron chi connectivity index (χ2n) is 5.53. The summed E-state index contributed by atoms with van der Waals surface area (Å²) in [4.78, 5) is 1.82. The first-order valence-corrected chi connectivity index (χ1v) is 7.72. The molecule has 0 spiro atoms. The first-order valence-electron chi connectivity index (χ1n) is 7.72. The lowest BCUT2D eigenvalue weighted by molar-refractivity contribution is -0.137. The van der Waals surface area contributed by atoms with Crippen LogP contribution in [-0.4, -0.2) is 13.6 Å². The Bertz CT molecular complexity index is 504. The summed E-state index contributed by atoms with van der Waals surface area (Å²) in [6.07, 6.45) is 2.38. The summed E-state index contributed by atoms with van der Waals surface area (Å²) in [5.74, 6) is 0. The Hall–Kier alpha value is -1.70. The minimum atomic E-state index is -4.50. The molecule has 0 aliphatic carbocycles. The fraction of sp³-hybridized carbons (Fsp3) is 0.588. The lowest BCUT2D eigenvalue weighted by Gasteiger charge is -2.21. The highest BCUT2D eigenvalue weighted by Crippen LogP contribution is 2.34. The topological polar surface area (TPSA) is 27.0 Å². The van der Waals surface area contributed by atoms with E-state index in [9.17, 15) is 13.2 Å². The van der Waals surface area contributed by atoms with Crippen LogP contribution in [-0.2, 0) is 6.18 Å². The van der Waals surface area contributed by atoms with Gasteiger partial charge in [-0.15, -0.1) is 0 Å². The SMILES string of the molecule is CCCCCCCCN(C)c1ccc(C#N)c(C(F)(F)F)c1. The number of rotatable bonds is 8. The molecule has 22 heavy (non-hydrogen) atoms. The van der Waals surface area contributed by atoms with Crippen LogP contribution in [0.3, 0.4) is 0 Å². The van der Waals surface area contributed by atoms with Crippen molar-refractivity contribution in [1.29, 1.82) is 5.26 Å². The number of hydrogen-bond acceptors (Lipinski definition) is 2. The summed E-state index contributed by atoms with van der Waals surface area (Å²) in [7, 11) is 1.79. The zero-order chi connectivity index (χ0) is 16.6. The molecule has 0 atom stereocenters. The lowest BCUT2D eigenvalue weighted by atomic mass is 10.1. The molecule has 0 aliphatic heterocycles. The molecule has 0 saturated heterocycles. The van der Waals surface area contributed by atoms with Gasteiger partial charge in [-0.2, -0.15) is 18.4 Å². The highest BCUT2D eigenvalue weighted by atomic mass is 19.4. The molecule has 0 N–H and O–H groups in total. The quantitative estimate of drug-likeness (QED) is 0.603. The molecule has 0 heterocycles. The summed E-state index contributed by atoms with van der Waals surface area (Å²) in [6, 6.07) is 5.49. The molecule has 122 valence electrons. The van der Waals surface area contributed by atoms with E-state index in [4.69, 9.17) is 5.26 Å². The van der Waals surface area contributed by atoms with Gasteiger partial charge in [0.25, 0.3) is 0 Å². The standard InChI is InChI=1S/C17H23F3N2/c1-3-4-5-6-7-8-11-22(2)15-10-9-14(13-21)16(12-15)17(18,19)20/h9-10,12H,3-8,11H2,1-2H3. The highest BCUT2D eigenvalue weighted by Gasteiger charge is 2.34. The Morgan fingerprint density at radius 1 is 1.09 bits per heavy atom. The summed E-state index contributed by atoms with van der Waals surface area (Å²) in [5, 5.41) is 8.79.